The predicted molar refractivity (Wildman–Crippen MR) is 102 cm³/mol. The Balaban J connectivity index is 1.71. The average molecular weight is 392 g/mol. The minimum absolute atomic E-state index is 0.106. The van der Waals surface area contributed by atoms with Crippen LogP contribution < -0.4 is 4.74 Å². The molecule has 0 saturated carbocycles. The van der Waals surface area contributed by atoms with E-state index in [0.717, 1.165) is 5.56 Å². The summed E-state index contributed by atoms with van der Waals surface area (Å²) in [5.41, 5.74) is 1.98. The molecule has 2 aromatic rings. The molecule has 2 heterocycles. The Hall–Kier alpha value is -3.81. The van der Waals surface area contributed by atoms with Gasteiger partial charge in [0.25, 0.3) is 5.69 Å². The fourth-order valence-electron chi connectivity index (χ4n) is 3.65. The van der Waals surface area contributed by atoms with Gasteiger partial charge in [-0.15, -0.1) is 0 Å². The van der Waals surface area contributed by atoms with E-state index in [1.165, 1.54) is 24.3 Å². The molecule has 2 unspecified atom stereocenters. The second-order valence-corrected chi connectivity index (χ2v) is 6.72. The third kappa shape index (κ3) is 3.40. The Labute approximate surface area is 165 Å². The minimum Gasteiger partial charge on any atom is -0.459 e. The van der Waals surface area contributed by atoms with E-state index in [1.807, 2.05) is 30.3 Å². The monoisotopic (exact) mass is 392 g/mol. The van der Waals surface area contributed by atoms with Gasteiger partial charge < -0.3 is 9.47 Å². The number of nitro groups is 1. The number of carbonyl (C=O) groups excluding carboxylic acids is 2. The molecule has 0 bridgehead atoms. The molecular weight excluding hydrogens is 376 g/mol. The van der Waals surface area contributed by atoms with Gasteiger partial charge in [-0.1, -0.05) is 30.3 Å². The maximum Gasteiger partial charge on any atom is 0.341 e. The summed E-state index contributed by atoms with van der Waals surface area (Å²) in [7, 11) is 0. The number of ether oxygens (including phenoxy) is 2. The Bertz CT molecular complexity index is 1060. The van der Waals surface area contributed by atoms with Gasteiger partial charge in [-0.05, 0) is 24.6 Å². The smallest absolute Gasteiger partial charge is 0.341 e. The van der Waals surface area contributed by atoms with E-state index in [9.17, 15) is 19.7 Å². The van der Waals surface area contributed by atoms with Crippen LogP contribution in [-0.4, -0.2) is 29.2 Å². The number of non-ortho nitro benzene ring substituents is 1. The van der Waals surface area contributed by atoms with E-state index in [4.69, 9.17) is 9.47 Å². The second-order valence-electron chi connectivity index (χ2n) is 6.72. The molecule has 1 saturated heterocycles. The van der Waals surface area contributed by atoms with Crippen molar-refractivity contribution in [2.24, 2.45) is 10.9 Å². The van der Waals surface area contributed by atoms with Crippen LogP contribution in [0.3, 0.4) is 0 Å². The SMILES string of the molecule is CC1=C(C(=O)Oc2ccc([N+](=O)[O-])cc2)C(c2ccccc2)C2C(=O)OCC2=N1. The summed E-state index contributed by atoms with van der Waals surface area (Å²) in [6.07, 6.45) is 0. The highest BCUT2D eigenvalue weighted by Gasteiger charge is 2.47. The lowest BCUT2D eigenvalue weighted by molar-refractivity contribution is -0.384. The number of cyclic esters (lactones) is 1. The van der Waals surface area contributed by atoms with Crippen molar-refractivity contribution in [3.8, 4) is 5.75 Å². The first-order chi connectivity index (χ1) is 14.0. The van der Waals surface area contributed by atoms with Crippen LogP contribution in [0, 0.1) is 16.0 Å². The number of hydrogen-bond donors (Lipinski definition) is 0. The lowest BCUT2D eigenvalue weighted by Gasteiger charge is -2.28. The lowest BCUT2D eigenvalue weighted by Crippen LogP contribution is -2.33. The molecule has 2 aliphatic heterocycles. The molecule has 0 aromatic heterocycles. The first-order valence-corrected chi connectivity index (χ1v) is 8.92. The van der Waals surface area contributed by atoms with Crippen molar-refractivity contribution in [2.45, 2.75) is 12.8 Å². The summed E-state index contributed by atoms with van der Waals surface area (Å²) in [5.74, 6) is -2.18. The number of esters is 2. The molecule has 0 aliphatic carbocycles. The van der Waals surface area contributed by atoms with E-state index >= 15 is 0 Å². The van der Waals surface area contributed by atoms with Gasteiger partial charge in [0.15, 0.2) is 0 Å². The summed E-state index contributed by atoms with van der Waals surface area (Å²) >= 11 is 0. The van der Waals surface area contributed by atoms with Crippen molar-refractivity contribution < 1.29 is 24.0 Å². The van der Waals surface area contributed by atoms with Gasteiger partial charge >= 0.3 is 11.9 Å². The zero-order chi connectivity index (χ0) is 20.5. The Kier molecular flexibility index (Phi) is 4.67. The highest BCUT2D eigenvalue weighted by molar-refractivity contribution is 6.12. The van der Waals surface area contributed by atoms with Crippen molar-refractivity contribution in [1.82, 2.24) is 0 Å². The molecule has 1 fully saturated rings. The lowest BCUT2D eigenvalue weighted by atomic mass is 9.76. The fourth-order valence-corrected chi connectivity index (χ4v) is 3.65. The van der Waals surface area contributed by atoms with Crippen LogP contribution in [0.25, 0.3) is 0 Å². The average Bonchev–Trinajstić information content (AvgIpc) is 3.08. The van der Waals surface area contributed by atoms with E-state index in [0.29, 0.717) is 11.4 Å². The van der Waals surface area contributed by atoms with E-state index in [-0.39, 0.29) is 23.6 Å². The van der Waals surface area contributed by atoms with E-state index in [2.05, 4.69) is 4.99 Å². The Morgan fingerprint density at radius 1 is 1.14 bits per heavy atom. The van der Waals surface area contributed by atoms with Gasteiger partial charge in [-0.2, -0.15) is 0 Å². The maximum atomic E-state index is 13.0. The van der Waals surface area contributed by atoms with Crippen LogP contribution in [0.2, 0.25) is 0 Å². The molecule has 2 atom stereocenters. The highest BCUT2D eigenvalue weighted by atomic mass is 16.6. The van der Waals surface area contributed by atoms with Gasteiger partial charge in [0, 0.05) is 23.7 Å². The standard InChI is InChI=1S/C21H16N2O6/c1-12-17(21(25)29-15-9-7-14(8-10-15)23(26)27)18(13-5-3-2-4-6-13)19-16(22-12)11-28-20(19)24/h2-10,18-19H,11H2,1H3. The number of aliphatic imine (C=N–C) groups is 1. The van der Waals surface area contributed by atoms with Crippen molar-refractivity contribution in [2.75, 3.05) is 6.61 Å². The summed E-state index contributed by atoms with van der Waals surface area (Å²) in [4.78, 5) is 40.1. The van der Waals surface area contributed by atoms with Crippen LogP contribution in [0.15, 0.2) is 70.9 Å². The van der Waals surface area contributed by atoms with Crippen molar-refractivity contribution in [3.05, 3.63) is 81.5 Å². The van der Waals surface area contributed by atoms with Gasteiger partial charge in [0.05, 0.1) is 16.2 Å². The van der Waals surface area contributed by atoms with Crippen molar-refractivity contribution in [3.63, 3.8) is 0 Å². The van der Waals surface area contributed by atoms with Gasteiger partial charge in [0.2, 0.25) is 0 Å². The van der Waals surface area contributed by atoms with Gasteiger partial charge in [-0.25, -0.2) is 4.79 Å². The topological polar surface area (TPSA) is 108 Å². The summed E-state index contributed by atoms with van der Waals surface area (Å²) in [5, 5.41) is 10.8. The van der Waals surface area contributed by atoms with Crippen LogP contribution in [0.4, 0.5) is 5.69 Å². The first kappa shape index (κ1) is 18.5. The first-order valence-electron chi connectivity index (χ1n) is 8.92. The van der Waals surface area contributed by atoms with Gasteiger partial charge in [-0.3, -0.25) is 19.9 Å². The van der Waals surface area contributed by atoms with E-state index < -0.39 is 28.7 Å². The van der Waals surface area contributed by atoms with Crippen molar-refractivity contribution >= 4 is 23.3 Å². The molecule has 4 rings (SSSR count). The van der Waals surface area contributed by atoms with Crippen LogP contribution in [0.1, 0.15) is 18.4 Å². The molecule has 8 nitrogen and oxygen atoms in total. The number of nitrogens with zero attached hydrogens (tertiary/aromatic N) is 2. The third-order valence-electron chi connectivity index (χ3n) is 4.96. The number of fused-ring (bicyclic) bond motifs is 1. The molecule has 2 aromatic carbocycles. The quantitative estimate of drug-likeness (QED) is 0.342. The molecular formula is C21H16N2O6. The third-order valence-corrected chi connectivity index (χ3v) is 4.96. The zero-order valence-corrected chi connectivity index (χ0v) is 15.4. The molecule has 0 N–H and O–H groups in total. The molecule has 2 aliphatic rings. The summed E-state index contributed by atoms with van der Waals surface area (Å²) < 4.78 is 10.6. The van der Waals surface area contributed by atoms with Crippen LogP contribution in [0.5, 0.6) is 5.75 Å². The van der Waals surface area contributed by atoms with E-state index in [1.54, 1.807) is 6.92 Å². The Morgan fingerprint density at radius 3 is 2.48 bits per heavy atom. The number of hydrogen-bond acceptors (Lipinski definition) is 7. The van der Waals surface area contributed by atoms with Crippen LogP contribution in [-0.2, 0) is 14.3 Å². The number of carbonyl (C=O) groups is 2. The maximum absolute atomic E-state index is 13.0. The summed E-state index contributed by atoms with van der Waals surface area (Å²) in [6.45, 7) is 1.79. The normalized spacial score (nSPS) is 20.6. The summed E-state index contributed by atoms with van der Waals surface area (Å²) in [6, 6.07) is 14.4. The second kappa shape index (κ2) is 7.31. The largest absolute Gasteiger partial charge is 0.459 e. The fraction of sp³-hybridized carbons (Fsp3) is 0.190. The highest BCUT2D eigenvalue weighted by Crippen LogP contribution is 2.42. The van der Waals surface area contributed by atoms with Gasteiger partial charge in [0.1, 0.15) is 18.3 Å². The van der Waals surface area contributed by atoms with Crippen molar-refractivity contribution in [1.29, 1.82) is 0 Å². The molecule has 146 valence electrons. The molecule has 0 amide bonds. The van der Waals surface area contributed by atoms with Crippen LogP contribution >= 0.6 is 0 Å². The zero-order valence-electron chi connectivity index (χ0n) is 15.4. The molecule has 0 radical (unpaired) electrons. The predicted octanol–water partition coefficient (Wildman–Crippen LogP) is 3.19. The Morgan fingerprint density at radius 2 is 1.83 bits per heavy atom. The number of benzene rings is 2. The number of rotatable bonds is 4. The molecule has 0 spiro atoms. The minimum atomic E-state index is -0.680. The number of nitro benzene ring substituents is 1. The molecule has 29 heavy (non-hydrogen) atoms. The molecule has 8 heteroatoms. The number of allylic oxidation sites excluding steroid dienone is 1.